The molecule has 3 aromatic heterocycles. The first-order valence-electron chi connectivity index (χ1n) is 12.2. The molecule has 35 heavy (non-hydrogen) atoms. The van der Waals surface area contributed by atoms with Crippen LogP contribution < -0.4 is 4.74 Å². The van der Waals surface area contributed by atoms with E-state index in [4.69, 9.17) is 19.6 Å². The quantitative estimate of drug-likeness (QED) is 0.448. The number of benzene rings is 1. The Morgan fingerprint density at radius 2 is 2.03 bits per heavy atom. The summed E-state index contributed by atoms with van der Waals surface area (Å²) in [6.45, 7) is 4.46. The van der Waals surface area contributed by atoms with Gasteiger partial charge in [0.1, 0.15) is 17.1 Å². The summed E-state index contributed by atoms with van der Waals surface area (Å²) >= 11 is 0. The first kappa shape index (κ1) is 21.9. The molecule has 0 spiro atoms. The van der Waals surface area contributed by atoms with E-state index in [1.54, 1.807) is 14.0 Å². The largest absolute Gasteiger partial charge is 0.497 e. The summed E-state index contributed by atoms with van der Waals surface area (Å²) in [6, 6.07) is 12.4. The molecular formula is C27H29N5O3. The van der Waals surface area contributed by atoms with Gasteiger partial charge in [0.05, 0.1) is 18.8 Å². The molecule has 0 N–H and O–H groups in total. The SMILES string of the molecule is COc1cccc(-c2cn3cccc(-c4nn(C5CCOCC5)c5c4CN(C(C)=O)CC5)c3n2)c1. The van der Waals surface area contributed by atoms with Gasteiger partial charge in [-0.05, 0) is 37.1 Å². The lowest BCUT2D eigenvalue weighted by atomic mass is 10.0. The number of nitrogens with zero attached hydrogens (tertiary/aromatic N) is 5. The van der Waals surface area contributed by atoms with Gasteiger partial charge in [0.15, 0.2) is 0 Å². The van der Waals surface area contributed by atoms with E-state index in [-0.39, 0.29) is 5.91 Å². The predicted molar refractivity (Wildman–Crippen MR) is 132 cm³/mol. The van der Waals surface area contributed by atoms with Crippen molar-refractivity contribution < 1.29 is 14.3 Å². The summed E-state index contributed by atoms with van der Waals surface area (Å²) < 4.78 is 15.3. The minimum atomic E-state index is 0.0970. The van der Waals surface area contributed by atoms with Crippen molar-refractivity contribution in [3.8, 4) is 28.3 Å². The fourth-order valence-electron chi connectivity index (χ4n) is 5.28. The Kier molecular flexibility index (Phi) is 5.53. The molecule has 1 amide bonds. The molecule has 0 saturated carbocycles. The Morgan fingerprint density at radius 3 is 2.83 bits per heavy atom. The van der Waals surface area contributed by atoms with Gasteiger partial charge in [-0.15, -0.1) is 0 Å². The second-order valence-corrected chi connectivity index (χ2v) is 9.26. The van der Waals surface area contributed by atoms with Gasteiger partial charge in [0.2, 0.25) is 5.91 Å². The number of rotatable bonds is 4. The third-order valence-corrected chi connectivity index (χ3v) is 7.17. The van der Waals surface area contributed by atoms with Gasteiger partial charge in [-0.2, -0.15) is 5.10 Å². The summed E-state index contributed by atoms with van der Waals surface area (Å²) in [5, 5.41) is 5.19. The minimum absolute atomic E-state index is 0.0970. The third kappa shape index (κ3) is 3.87. The van der Waals surface area contributed by atoms with Gasteiger partial charge >= 0.3 is 0 Å². The predicted octanol–water partition coefficient (Wildman–Crippen LogP) is 4.13. The minimum Gasteiger partial charge on any atom is -0.497 e. The summed E-state index contributed by atoms with van der Waals surface area (Å²) in [5.74, 6) is 0.896. The van der Waals surface area contributed by atoms with E-state index in [1.165, 1.54) is 5.69 Å². The zero-order chi connectivity index (χ0) is 23.9. The molecule has 8 nitrogen and oxygen atoms in total. The summed E-state index contributed by atoms with van der Waals surface area (Å²) in [5.41, 5.74) is 7.00. The molecule has 0 bridgehead atoms. The van der Waals surface area contributed by atoms with Crippen LogP contribution in [-0.4, -0.2) is 56.8 Å². The number of carbonyl (C=O) groups excluding carboxylic acids is 1. The van der Waals surface area contributed by atoms with Crippen LogP contribution in [0.1, 0.15) is 37.1 Å². The monoisotopic (exact) mass is 471 g/mol. The van der Waals surface area contributed by atoms with Crippen molar-refractivity contribution in [3.63, 3.8) is 0 Å². The number of hydrogen-bond acceptors (Lipinski definition) is 5. The highest BCUT2D eigenvalue weighted by Crippen LogP contribution is 2.36. The topological polar surface area (TPSA) is 73.9 Å². The van der Waals surface area contributed by atoms with E-state index in [0.717, 1.165) is 78.5 Å². The lowest BCUT2D eigenvalue weighted by molar-refractivity contribution is -0.129. The smallest absolute Gasteiger partial charge is 0.219 e. The first-order chi connectivity index (χ1) is 17.1. The van der Waals surface area contributed by atoms with E-state index in [1.807, 2.05) is 47.6 Å². The van der Waals surface area contributed by atoms with Crippen molar-refractivity contribution in [1.29, 1.82) is 0 Å². The van der Waals surface area contributed by atoms with Crippen LogP contribution in [0.5, 0.6) is 5.75 Å². The number of imidazole rings is 1. The van der Waals surface area contributed by atoms with Crippen LogP contribution in [0, 0.1) is 0 Å². The number of aromatic nitrogens is 4. The fraction of sp³-hybridized carbons (Fsp3) is 0.370. The molecule has 4 aromatic rings. The Morgan fingerprint density at radius 1 is 1.17 bits per heavy atom. The number of ether oxygens (including phenoxy) is 2. The molecule has 2 aliphatic heterocycles. The first-order valence-corrected chi connectivity index (χ1v) is 12.2. The average molecular weight is 472 g/mol. The molecule has 180 valence electrons. The van der Waals surface area contributed by atoms with Crippen LogP contribution in [0.15, 0.2) is 48.8 Å². The number of fused-ring (bicyclic) bond motifs is 2. The fourth-order valence-corrected chi connectivity index (χ4v) is 5.28. The van der Waals surface area contributed by atoms with Gasteiger partial charge in [-0.1, -0.05) is 12.1 Å². The highest BCUT2D eigenvalue weighted by atomic mass is 16.5. The van der Waals surface area contributed by atoms with Crippen molar-refractivity contribution in [2.24, 2.45) is 0 Å². The Hall–Kier alpha value is -3.65. The Bertz CT molecular complexity index is 1400. The molecule has 6 rings (SSSR count). The van der Waals surface area contributed by atoms with Gasteiger partial charge < -0.3 is 18.8 Å². The maximum atomic E-state index is 12.2. The van der Waals surface area contributed by atoms with Crippen LogP contribution >= 0.6 is 0 Å². The van der Waals surface area contributed by atoms with Crippen LogP contribution in [0.3, 0.4) is 0 Å². The molecule has 1 saturated heterocycles. The third-order valence-electron chi connectivity index (χ3n) is 7.17. The Labute approximate surface area is 204 Å². The standard InChI is InChI=1S/C27H29N5O3/c1-18(33)30-12-8-25-23(16-30)26(29-32(25)20-9-13-35-14-10-20)22-7-4-11-31-17-24(28-27(22)31)19-5-3-6-21(15-19)34-2/h3-7,11,15,17,20H,8-10,12-14,16H2,1-2H3. The van der Waals surface area contributed by atoms with E-state index in [9.17, 15) is 4.79 Å². The molecule has 0 unspecified atom stereocenters. The average Bonchev–Trinajstić information content (AvgIpc) is 3.51. The van der Waals surface area contributed by atoms with Crippen molar-refractivity contribution in [2.75, 3.05) is 26.9 Å². The van der Waals surface area contributed by atoms with Crippen molar-refractivity contribution >= 4 is 11.6 Å². The maximum absolute atomic E-state index is 12.2. The molecule has 5 heterocycles. The second-order valence-electron chi connectivity index (χ2n) is 9.26. The molecule has 1 aromatic carbocycles. The lowest BCUT2D eigenvalue weighted by Crippen LogP contribution is -2.35. The van der Waals surface area contributed by atoms with E-state index >= 15 is 0 Å². The van der Waals surface area contributed by atoms with Crippen molar-refractivity contribution in [3.05, 3.63) is 60.0 Å². The Balaban J connectivity index is 1.49. The van der Waals surface area contributed by atoms with Crippen LogP contribution in [0.25, 0.3) is 28.2 Å². The van der Waals surface area contributed by atoms with Gasteiger partial charge in [-0.25, -0.2) is 4.98 Å². The van der Waals surface area contributed by atoms with Gasteiger partial charge in [0, 0.05) is 74.4 Å². The van der Waals surface area contributed by atoms with Crippen LogP contribution in [-0.2, 0) is 22.5 Å². The highest BCUT2D eigenvalue weighted by Gasteiger charge is 2.31. The van der Waals surface area contributed by atoms with E-state index < -0.39 is 0 Å². The summed E-state index contributed by atoms with van der Waals surface area (Å²) in [7, 11) is 1.67. The summed E-state index contributed by atoms with van der Waals surface area (Å²) in [4.78, 5) is 19.2. The zero-order valence-corrected chi connectivity index (χ0v) is 20.1. The molecule has 0 atom stereocenters. The molecular weight excluding hydrogens is 442 g/mol. The highest BCUT2D eigenvalue weighted by molar-refractivity contribution is 5.81. The van der Waals surface area contributed by atoms with Crippen molar-refractivity contribution in [2.45, 2.75) is 38.8 Å². The van der Waals surface area contributed by atoms with Crippen molar-refractivity contribution in [1.82, 2.24) is 24.1 Å². The van der Waals surface area contributed by atoms with Gasteiger partial charge in [-0.3, -0.25) is 9.48 Å². The van der Waals surface area contributed by atoms with Gasteiger partial charge in [0.25, 0.3) is 0 Å². The summed E-state index contributed by atoms with van der Waals surface area (Å²) in [6.07, 6.45) is 6.78. The molecule has 1 fully saturated rings. The number of pyridine rings is 1. The van der Waals surface area contributed by atoms with Crippen LogP contribution in [0.4, 0.5) is 0 Å². The molecule has 0 aliphatic carbocycles. The molecule has 0 radical (unpaired) electrons. The normalized spacial score (nSPS) is 16.5. The molecule has 2 aliphatic rings. The lowest BCUT2D eigenvalue weighted by Gasteiger charge is -2.29. The number of hydrogen-bond donors (Lipinski definition) is 0. The number of carbonyl (C=O) groups is 1. The number of methoxy groups -OCH3 is 1. The van der Waals surface area contributed by atoms with E-state index in [0.29, 0.717) is 12.6 Å². The van der Waals surface area contributed by atoms with E-state index in [2.05, 4.69) is 15.1 Å². The zero-order valence-electron chi connectivity index (χ0n) is 20.1. The maximum Gasteiger partial charge on any atom is 0.219 e. The molecule has 8 heteroatoms. The number of amides is 1. The second kappa shape index (κ2) is 8.85. The van der Waals surface area contributed by atoms with Crippen LogP contribution in [0.2, 0.25) is 0 Å².